The van der Waals surface area contributed by atoms with Gasteiger partial charge in [-0.1, -0.05) is 51.2 Å². The molecule has 5 heteroatoms. The number of aliphatic hydroxyl groups is 1. The van der Waals surface area contributed by atoms with Gasteiger partial charge in [-0.2, -0.15) is 0 Å². The lowest BCUT2D eigenvalue weighted by Gasteiger charge is -2.39. The molecule has 0 bridgehead atoms. The Labute approximate surface area is 169 Å². The van der Waals surface area contributed by atoms with Crippen molar-refractivity contribution in [2.45, 2.75) is 76.4 Å². The van der Waals surface area contributed by atoms with Crippen molar-refractivity contribution >= 4 is 5.91 Å². The van der Waals surface area contributed by atoms with E-state index >= 15 is 0 Å². The summed E-state index contributed by atoms with van der Waals surface area (Å²) in [5.74, 6) is 1.01. The van der Waals surface area contributed by atoms with Crippen molar-refractivity contribution in [3.8, 4) is 5.75 Å². The highest BCUT2D eigenvalue weighted by Crippen LogP contribution is 2.39. The standard InChI is InChI=1S/C23H36N2O3/c1-3-4-10-19-22-18(9-8-11-20(22)28-2)12-15-25(19)21(26)16-24-17-23(27)13-6-5-7-14-23/h8-9,11,19,24,27H,3-7,10,12-17H2,1-2H3. The normalized spacial score (nSPS) is 21.2. The fourth-order valence-corrected chi connectivity index (χ4v) is 4.80. The van der Waals surface area contributed by atoms with Crippen LogP contribution >= 0.6 is 0 Å². The lowest BCUT2D eigenvalue weighted by molar-refractivity contribution is -0.133. The second-order valence-electron chi connectivity index (χ2n) is 8.42. The van der Waals surface area contributed by atoms with E-state index in [1.807, 2.05) is 17.0 Å². The zero-order valence-corrected chi connectivity index (χ0v) is 17.5. The SMILES string of the molecule is CCCCC1c2c(cccc2OC)CCN1C(=O)CNCC1(O)CCCCC1. The Kier molecular flexibility index (Phi) is 7.36. The summed E-state index contributed by atoms with van der Waals surface area (Å²) in [6.07, 6.45) is 9.04. The fraction of sp³-hybridized carbons (Fsp3) is 0.696. The van der Waals surface area contributed by atoms with Crippen LogP contribution in [0.15, 0.2) is 18.2 Å². The van der Waals surface area contributed by atoms with Gasteiger partial charge >= 0.3 is 0 Å². The molecular weight excluding hydrogens is 352 g/mol. The maximum absolute atomic E-state index is 13.1. The Balaban J connectivity index is 1.67. The predicted molar refractivity (Wildman–Crippen MR) is 112 cm³/mol. The van der Waals surface area contributed by atoms with Crippen LogP contribution < -0.4 is 10.1 Å². The molecule has 1 saturated carbocycles. The van der Waals surface area contributed by atoms with Crippen molar-refractivity contribution in [2.75, 3.05) is 26.7 Å². The van der Waals surface area contributed by atoms with Crippen molar-refractivity contribution in [1.29, 1.82) is 0 Å². The lowest BCUT2D eigenvalue weighted by Crippen LogP contribution is -2.48. The van der Waals surface area contributed by atoms with Crippen LogP contribution in [0.1, 0.15) is 75.5 Å². The summed E-state index contributed by atoms with van der Waals surface area (Å²) in [7, 11) is 1.71. The molecule has 1 aromatic rings. The third-order valence-corrected chi connectivity index (χ3v) is 6.37. The lowest BCUT2D eigenvalue weighted by atomic mass is 9.85. The highest BCUT2D eigenvalue weighted by atomic mass is 16.5. The number of unbranched alkanes of at least 4 members (excludes halogenated alkanes) is 1. The number of nitrogens with one attached hydrogen (secondary N) is 1. The molecule has 2 aliphatic rings. The molecule has 0 radical (unpaired) electrons. The number of amides is 1. The van der Waals surface area contributed by atoms with Gasteiger partial charge in [-0.05, 0) is 37.3 Å². The van der Waals surface area contributed by atoms with E-state index in [1.165, 1.54) is 17.5 Å². The molecule has 1 aliphatic heterocycles. The van der Waals surface area contributed by atoms with Gasteiger partial charge in [0.1, 0.15) is 5.75 Å². The maximum atomic E-state index is 13.1. The molecule has 0 saturated heterocycles. The number of hydrogen-bond donors (Lipinski definition) is 2. The number of hydrogen-bond acceptors (Lipinski definition) is 4. The molecule has 5 nitrogen and oxygen atoms in total. The van der Waals surface area contributed by atoms with E-state index in [4.69, 9.17) is 4.74 Å². The quantitative estimate of drug-likeness (QED) is 0.714. The fourth-order valence-electron chi connectivity index (χ4n) is 4.80. The van der Waals surface area contributed by atoms with E-state index in [-0.39, 0.29) is 18.5 Å². The Bertz CT molecular complexity index is 641. The number of carbonyl (C=O) groups is 1. The summed E-state index contributed by atoms with van der Waals surface area (Å²) in [4.78, 5) is 15.1. The van der Waals surface area contributed by atoms with E-state index in [9.17, 15) is 9.90 Å². The van der Waals surface area contributed by atoms with Gasteiger partial charge in [0.15, 0.2) is 0 Å². The van der Waals surface area contributed by atoms with E-state index in [0.717, 1.165) is 63.7 Å². The molecule has 1 aliphatic carbocycles. The molecule has 0 spiro atoms. The topological polar surface area (TPSA) is 61.8 Å². The highest BCUT2D eigenvalue weighted by Gasteiger charge is 2.33. The maximum Gasteiger partial charge on any atom is 0.237 e. The van der Waals surface area contributed by atoms with E-state index in [2.05, 4.69) is 18.3 Å². The summed E-state index contributed by atoms with van der Waals surface area (Å²) in [5.41, 5.74) is 1.84. The molecule has 1 fully saturated rings. The zero-order valence-electron chi connectivity index (χ0n) is 17.5. The van der Waals surface area contributed by atoms with Crippen molar-refractivity contribution < 1.29 is 14.6 Å². The summed E-state index contributed by atoms with van der Waals surface area (Å²) < 4.78 is 5.64. The Morgan fingerprint density at radius 1 is 1.32 bits per heavy atom. The van der Waals surface area contributed by atoms with Crippen LogP contribution in [0.25, 0.3) is 0 Å². The van der Waals surface area contributed by atoms with Crippen LogP contribution in [-0.4, -0.2) is 48.3 Å². The number of ether oxygens (including phenoxy) is 1. The highest BCUT2D eigenvalue weighted by molar-refractivity contribution is 5.79. The minimum absolute atomic E-state index is 0.0758. The van der Waals surface area contributed by atoms with Gasteiger partial charge < -0.3 is 20.1 Å². The monoisotopic (exact) mass is 388 g/mol. The van der Waals surface area contributed by atoms with Crippen LogP contribution in [0.5, 0.6) is 5.75 Å². The van der Waals surface area contributed by atoms with Gasteiger partial charge in [-0.15, -0.1) is 0 Å². The first-order valence-electron chi connectivity index (χ1n) is 11.0. The number of benzene rings is 1. The minimum atomic E-state index is -0.641. The molecule has 0 aromatic heterocycles. The molecular formula is C23H36N2O3. The zero-order chi connectivity index (χ0) is 20.0. The number of nitrogens with zero attached hydrogens (tertiary/aromatic N) is 1. The van der Waals surface area contributed by atoms with E-state index in [1.54, 1.807) is 7.11 Å². The first-order chi connectivity index (χ1) is 13.6. The summed E-state index contributed by atoms with van der Waals surface area (Å²) in [6.45, 7) is 3.73. The molecule has 1 atom stereocenters. The summed E-state index contributed by atoms with van der Waals surface area (Å²) in [6, 6.07) is 6.28. The molecule has 2 N–H and O–H groups in total. The molecule has 28 heavy (non-hydrogen) atoms. The Morgan fingerprint density at radius 2 is 2.11 bits per heavy atom. The van der Waals surface area contributed by atoms with Gasteiger partial charge in [0.25, 0.3) is 0 Å². The van der Waals surface area contributed by atoms with Crippen LogP contribution in [0.2, 0.25) is 0 Å². The van der Waals surface area contributed by atoms with Gasteiger partial charge in [0.05, 0.1) is 25.3 Å². The first kappa shape index (κ1) is 21.1. The van der Waals surface area contributed by atoms with Gasteiger partial charge in [-0.25, -0.2) is 0 Å². The van der Waals surface area contributed by atoms with Crippen molar-refractivity contribution in [2.24, 2.45) is 0 Å². The van der Waals surface area contributed by atoms with Crippen molar-refractivity contribution in [1.82, 2.24) is 10.2 Å². The molecule has 1 unspecified atom stereocenters. The smallest absolute Gasteiger partial charge is 0.237 e. The third-order valence-electron chi connectivity index (χ3n) is 6.37. The minimum Gasteiger partial charge on any atom is -0.496 e. The number of fused-ring (bicyclic) bond motifs is 1. The second kappa shape index (κ2) is 9.75. The molecule has 1 amide bonds. The van der Waals surface area contributed by atoms with Crippen LogP contribution in [-0.2, 0) is 11.2 Å². The van der Waals surface area contributed by atoms with Crippen molar-refractivity contribution in [3.05, 3.63) is 29.3 Å². The van der Waals surface area contributed by atoms with Crippen LogP contribution in [0.3, 0.4) is 0 Å². The summed E-state index contributed by atoms with van der Waals surface area (Å²) >= 11 is 0. The third kappa shape index (κ3) is 4.87. The van der Waals surface area contributed by atoms with Crippen LogP contribution in [0, 0.1) is 0 Å². The largest absolute Gasteiger partial charge is 0.496 e. The average molecular weight is 389 g/mol. The Morgan fingerprint density at radius 3 is 2.82 bits per heavy atom. The Hall–Kier alpha value is -1.59. The number of rotatable bonds is 8. The second-order valence-corrected chi connectivity index (χ2v) is 8.42. The molecule has 3 rings (SSSR count). The molecule has 1 heterocycles. The van der Waals surface area contributed by atoms with Gasteiger partial charge in [0, 0.05) is 18.7 Å². The predicted octanol–water partition coefficient (Wildman–Crippen LogP) is 3.60. The number of methoxy groups -OCH3 is 1. The molecule has 1 aromatic carbocycles. The summed E-state index contributed by atoms with van der Waals surface area (Å²) in [5, 5.41) is 13.9. The average Bonchev–Trinajstić information content (AvgIpc) is 2.71. The van der Waals surface area contributed by atoms with Gasteiger partial charge in [-0.3, -0.25) is 4.79 Å². The number of carbonyl (C=O) groups excluding carboxylic acids is 1. The van der Waals surface area contributed by atoms with Gasteiger partial charge in [0.2, 0.25) is 5.91 Å². The van der Waals surface area contributed by atoms with Crippen molar-refractivity contribution in [3.63, 3.8) is 0 Å². The molecule has 156 valence electrons. The van der Waals surface area contributed by atoms with E-state index in [0.29, 0.717) is 6.54 Å². The first-order valence-corrected chi connectivity index (χ1v) is 11.0. The van der Waals surface area contributed by atoms with Crippen LogP contribution in [0.4, 0.5) is 0 Å². The van der Waals surface area contributed by atoms with E-state index < -0.39 is 5.60 Å².